The van der Waals surface area contributed by atoms with Gasteiger partial charge < -0.3 is 5.11 Å². The molecule has 25 heavy (non-hydrogen) atoms. The lowest BCUT2D eigenvalue weighted by Gasteiger charge is -2.35. The van der Waals surface area contributed by atoms with Crippen molar-refractivity contribution >= 4 is 5.69 Å². The molecule has 0 aromatic carbocycles. The summed E-state index contributed by atoms with van der Waals surface area (Å²) in [7, 11) is 0. The third kappa shape index (κ3) is 5.05. The molecule has 2 aromatic rings. The van der Waals surface area contributed by atoms with Crippen molar-refractivity contribution in [2.45, 2.75) is 19.2 Å². The molecule has 1 aliphatic rings. The Morgan fingerprint density at radius 3 is 2.60 bits per heavy atom. The number of β-amino-alcohol motifs (C(OH)–C–C–N with tert-alkyl or cyclic N) is 1. The van der Waals surface area contributed by atoms with Crippen LogP contribution in [0.1, 0.15) is 5.69 Å². The highest BCUT2D eigenvalue weighted by Gasteiger charge is 2.20. The highest BCUT2D eigenvalue weighted by molar-refractivity contribution is 5.20. The van der Waals surface area contributed by atoms with Crippen LogP contribution in [-0.4, -0.2) is 73.4 Å². The van der Waals surface area contributed by atoms with E-state index in [2.05, 4.69) is 19.9 Å². The molecule has 1 unspecified atom stereocenters. The van der Waals surface area contributed by atoms with Crippen LogP contribution in [0, 0.1) is 10.1 Å². The number of nitrogens with zero attached hydrogens (tertiary/aromatic N) is 6. The number of pyridine rings is 1. The topological polar surface area (TPSA) is 101 Å². The van der Waals surface area contributed by atoms with Gasteiger partial charge in [-0.25, -0.2) is 0 Å². The molecule has 0 spiro atoms. The van der Waals surface area contributed by atoms with Crippen molar-refractivity contribution in [1.29, 1.82) is 0 Å². The molecule has 0 saturated carbocycles. The van der Waals surface area contributed by atoms with Gasteiger partial charge in [0.15, 0.2) is 0 Å². The van der Waals surface area contributed by atoms with Crippen LogP contribution in [0.4, 0.5) is 5.69 Å². The maximum Gasteiger partial charge on any atom is 0.306 e. The molecule has 3 heterocycles. The Hall–Kier alpha value is -2.36. The van der Waals surface area contributed by atoms with E-state index in [-0.39, 0.29) is 12.2 Å². The summed E-state index contributed by atoms with van der Waals surface area (Å²) in [6.07, 6.45) is 3.74. The first kappa shape index (κ1) is 17.5. The Labute approximate surface area is 145 Å². The zero-order chi connectivity index (χ0) is 17.6. The summed E-state index contributed by atoms with van der Waals surface area (Å²) >= 11 is 0. The predicted molar refractivity (Wildman–Crippen MR) is 90.8 cm³/mol. The number of aromatic nitrogens is 3. The highest BCUT2D eigenvalue weighted by atomic mass is 16.6. The zero-order valence-electron chi connectivity index (χ0n) is 13.9. The highest BCUT2D eigenvalue weighted by Crippen LogP contribution is 2.10. The molecule has 9 nitrogen and oxygen atoms in total. The normalized spacial score (nSPS) is 17.5. The van der Waals surface area contributed by atoms with Crippen molar-refractivity contribution in [2.75, 3.05) is 32.7 Å². The summed E-state index contributed by atoms with van der Waals surface area (Å²) in [5.41, 5.74) is 1.01. The SMILES string of the molecule is O=[N+]([O-])c1cnn(CC(O)CN2CCN(Cc3ccccn3)CC2)c1. The van der Waals surface area contributed by atoms with Gasteiger partial charge in [-0.15, -0.1) is 0 Å². The molecule has 9 heteroatoms. The van der Waals surface area contributed by atoms with Crippen molar-refractivity contribution in [1.82, 2.24) is 24.6 Å². The van der Waals surface area contributed by atoms with Crippen molar-refractivity contribution < 1.29 is 10.0 Å². The molecule has 0 amide bonds. The number of nitro groups is 1. The van der Waals surface area contributed by atoms with E-state index < -0.39 is 11.0 Å². The Bertz CT molecular complexity index is 684. The minimum atomic E-state index is -0.609. The molecule has 0 radical (unpaired) electrons. The third-order valence-corrected chi connectivity index (χ3v) is 4.27. The van der Waals surface area contributed by atoms with E-state index in [1.54, 1.807) is 0 Å². The number of aliphatic hydroxyl groups is 1. The van der Waals surface area contributed by atoms with Crippen LogP contribution in [0.2, 0.25) is 0 Å². The average molecular weight is 346 g/mol. The van der Waals surface area contributed by atoms with E-state index in [9.17, 15) is 15.2 Å². The summed E-state index contributed by atoms with van der Waals surface area (Å²) in [4.78, 5) is 19.1. The van der Waals surface area contributed by atoms with Crippen molar-refractivity contribution in [3.63, 3.8) is 0 Å². The fourth-order valence-electron chi connectivity index (χ4n) is 2.97. The van der Waals surface area contributed by atoms with Gasteiger partial charge in [0, 0.05) is 45.5 Å². The lowest BCUT2D eigenvalue weighted by Crippen LogP contribution is -2.48. The molecule has 1 N–H and O–H groups in total. The van der Waals surface area contributed by atoms with E-state index in [0.29, 0.717) is 6.54 Å². The van der Waals surface area contributed by atoms with Crippen LogP contribution in [0.5, 0.6) is 0 Å². The average Bonchev–Trinajstić information content (AvgIpc) is 3.06. The Kier molecular flexibility index (Phi) is 5.69. The predicted octanol–water partition coefficient (Wildman–Crippen LogP) is 0.365. The summed E-state index contributed by atoms with van der Waals surface area (Å²) in [6.45, 7) is 5.24. The molecule has 0 aliphatic carbocycles. The first-order chi connectivity index (χ1) is 12.1. The summed E-state index contributed by atoms with van der Waals surface area (Å²) < 4.78 is 1.42. The van der Waals surface area contributed by atoms with Crippen LogP contribution >= 0.6 is 0 Å². The maximum atomic E-state index is 10.7. The molecule has 1 fully saturated rings. The number of hydrogen-bond donors (Lipinski definition) is 1. The van der Waals surface area contributed by atoms with Gasteiger partial charge in [-0.3, -0.25) is 29.6 Å². The first-order valence-corrected chi connectivity index (χ1v) is 8.29. The summed E-state index contributed by atoms with van der Waals surface area (Å²) in [6, 6.07) is 5.94. The molecule has 2 aromatic heterocycles. The fourth-order valence-corrected chi connectivity index (χ4v) is 2.97. The Morgan fingerprint density at radius 1 is 1.20 bits per heavy atom. The van der Waals surface area contributed by atoms with E-state index in [0.717, 1.165) is 38.4 Å². The van der Waals surface area contributed by atoms with Crippen molar-refractivity contribution in [3.05, 3.63) is 52.6 Å². The summed E-state index contributed by atoms with van der Waals surface area (Å²) in [5.74, 6) is 0. The first-order valence-electron chi connectivity index (χ1n) is 8.29. The fraction of sp³-hybridized carbons (Fsp3) is 0.500. The smallest absolute Gasteiger partial charge is 0.306 e. The van der Waals surface area contributed by atoms with Crippen LogP contribution in [-0.2, 0) is 13.1 Å². The lowest BCUT2D eigenvalue weighted by atomic mass is 10.2. The van der Waals surface area contributed by atoms with Gasteiger partial charge in [0.2, 0.25) is 0 Å². The number of hydrogen-bond acceptors (Lipinski definition) is 7. The second kappa shape index (κ2) is 8.15. The molecule has 0 bridgehead atoms. The lowest BCUT2D eigenvalue weighted by molar-refractivity contribution is -0.385. The van der Waals surface area contributed by atoms with Crippen LogP contribution in [0.25, 0.3) is 0 Å². The number of aliphatic hydroxyl groups excluding tert-OH is 1. The third-order valence-electron chi connectivity index (χ3n) is 4.27. The Morgan fingerprint density at radius 2 is 1.96 bits per heavy atom. The molecular formula is C16H22N6O3. The van der Waals surface area contributed by atoms with Gasteiger partial charge >= 0.3 is 5.69 Å². The molecule has 3 rings (SSSR count). The minimum absolute atomic E-state index is 0.0599. The van der Waals surface area contributed by atoms with Crippen molar-refractivity contribution in [2.24, 2.45) is 0 Å². The van der Waals surface area contributed by atoms with E-state index in [1.165, 1.54) is 17.1 Å². The number of piperazine rings is 1. The largest absolute Gasteiger partial charge is 0.390 e. The van der Waals surface area contributed by atoms with Gasteiger partial charge in [0.25, 0.3) is 0 Å². The standard InChI is InChI=1S/C16H22N6O3/c23-16(13-21-11-15(9-18-21)22(24)25)12-20-7-5-19(6-8-20)10-14-3-1-2-4-17-14/h1-4,9,11,16,23H,5-8,10,12-13H2. The zero-order valence-corrected chi connectivity index (χ0v) is 13.9. The molecule has 1 atom stereocenters. The van der Waals surface area contributed by atoms with Crippen LogP contribution < -0.4 is 0 Å². The van der Waals surface area contributed by atoms with E-state index in [1.807, 2.05) is 24.4 Å². The molecule has 1 aliphatic heterocycles. The second-order valence-corrected chi connectivity index (χ2v) is 6.23. The quantitative estimate of drug-likeness (QED) is 0.571. The second-order valence-electron chi connectivity index (χ2n) is 6.23. The molecular weight excluding hydrogens is 324 g/mol. The van der Waals surface area contributed by atoms with Crippen LogP contribution in [0.15, 0.2) is 36.8 Å². The minimum Gasteiger partial charge on any atom is -0.390 e. The van der Waals surface area contributed by atoms with Gasteiger partial charge in [-0.1, -0.05) is 6.07 Å². The van der Waals surface area contributed by atoms with Crippen molar-refractivity contribution in [3.8, 4) is 0 Å². The number of rotatable bonds is 7. The van der Waals surface area contributed by atoms with Gasteiger partial charge in [0.1, 0.15) is 12.4 Å². The van der Waals surface area contributed by atoms with E-state index in [4.69, 9.17) is 0 Å². The molecule has 1 saturated heterocycles. The van der Waals surface area contributed by atoms with Crippen LogP contribution in [0.3, 0.4) is 0 Å². The van der Waals surface area contributed by atoms with Gasteiger partial charge in [-0.05, 0) is 12.1 Å². The Balaban J connectivity index is 1.41. The maximum absolute atomic E-state index is 10.7. The molecule has 134 valence electrons. The van der Waals surface area contributed by atoms with Gasteiger partial charge in [-0.2, -0.15) is 5.10 Å². The summed E-state index contributed by atoms with van der Waals surface area (Å²) in [5, 5.41) is 24.8. The van der Waals surface area contributed by atoms with E-state index >= 15 is 0 Å². The van der Waals surface area contributed by atoms with Gasteiger partial charge in [0.05, 0.1) is 23.3 Å². The monoisotopic (exact) mass is 346 g/mol.